The van der Waals surface area contributed by atoms with Gasteiger partial charge in [0.2, 0.25) is 0 Å². The van der Waals surface area contributed by atoms with Gasteiger partial charge in [-0.1, -0.05) is 39.0 Å². The van der Waals surface area contributed by atoms with E-state index in [1.807, 2.05) is 30.3 Å². The molecule has 0 aliphatic carbocycles. The number of hydrogen-bond acceptors (Lipinski definition) is 5. The minimum atomic E-state index is -0.549. The molecule has 0 spiro atoms. The zero-order chi connectivity index (χ0) is 18.4. The van der Waals surface area contributed by atoms with Crippen LogP contribution in [0.25, 0.3) is 0 Å². The Bertz CT molecular complexity index is 800. The second-order valence-electron chi connectivity index (χ2n) is 6.49. The summed E-state index contributed by atoms with van der Waals surface area (Å²) in [6.07, 6.45) is 0. The van der Waals surface area contributed by atoms with Crippen molar-refractivity contribution in [1.29, 1.82) is 5.26 Å². The van der Waals surface area contributed by atoms with Gasteiger partial charge in [0.1, 0.15) is 5.75 Å². The Morgan fingerprint density at radius 3 is 2.44 bits per heavy atom. The van der Waals surface area contributed by atoms with Gasteiger partial charge in [-0.25, -0.2) is 4.79 Å². The quantitative estimate of drug-likeness (QED) is 0.611. The maximum Gasteiger partial charge on any atom is 0.349 e. The first-order chi connectivity index (χ1) is 11.8. The number of para-hydroxylation sites is 1. The predicted octanol–water partition coefficient (Wildman–Crippen LogP) is 3.85. The lowest BCUT2D eigenvalue weighted by Crippen LogP contribution is -2.20. The minimum Gasteiger partial charge on any atom is -0.493 e. The monoisotopic (exact) mass is 339 g/mol. The van der Waals surface area contributed by atoms with Crippen molar-refractivity contribution in [2.75, 3.05) is 13.7 Å². The van der Waals surface area contributed by atoms with Gasteiger partial charge in [0.05, 0.1) is 18.7 Å². The van der Waals surface area contributed by atoms with Gasteiger partial charge >= 0.3 is 5.97 Å². The molecular weight excluding hydrogens is 318 g/mol. The van der Waals surface area contributed by atoms with E-state index in [0.29, 0.717) is 17.1 Å². The molecule has 0 aliphatic rings. The van der Waals surface area contributed by atoms with Crippen molar-refractivity contribution in [3.05, 3.63) is 53.6 Å². The van der Waals surface area contributed by atoms with E-state index in [4.69, 9.17) is 19.5 Å². The van der Waals surface area contributed by atoms with Crippen LogP contribution in [0, 0.1) is 11.3 Å². The Balaban J connectivity index is 2.07. The summed E-state index contributed by atoms with van der Waals surface area (Å²) < 4.78 is 16.1. The van der Waals surface area contributed by atoms with Crippen LogP contribution in [-0.4, -0.2) is 19.7 Å². The van der Waals surface area contributed by atoms with E-state index >= 15 is 0 Å². The molecule has 0 unspecified atom stereocenters. The van der Waals surface area contributed by atoms with E-state index in [1.165, 1.54) is 19.2 Å². The van der Waals surface area contributed by atoms with Gasteiger partial charge < -0.3 is 14.2 Å². The molecular formula is C20H21NO4. The molecule has 0 fully saturated rings. The highest BCUT2D eigenvalue weighted by molar-refractivity contribution is 5.75. The number of benzene rings is 2. The fraction of sp³-hybridized carbons (Fsp3) is 0.300. The standard InChI is InChI=1S/C20H21NO4/c1-20(2,3)15-7-5-6-8-16(15)24-13-19(22)25-17-10-9-14(12-21)11-18(17)23-4/h5-11H,13H2,1-4H3. The topological polar surface area (TPSA) is 68.5 Å². The van der Waals surface area contributed by atoms with E-state index in [2.05, 4.69) is 20.8 Å². The van der Waals surface area contributed by atoms with Gasteiger partial charge in [-0.15, -0.1) is 0 Å². The third kappa shape index (κ3) is 4.74. The molecule has 0 saturated heterocycles. The summed E-state index contributed by atoms with van der Waals surface area (Å²) in [4.78, 5) is 12.1. The van der Waals surface area contributed by atoms with Crippen LogP contribution in [-0.2, 0) is 10.2 Å². The second-order valence-corrected chi connectivity index (χ2v) is 6.49. The highest BCUT2D eigenvalue weighted by atomic mass is 16.6. The van der Waals surface area contributed by atoms with Crippen molar-refractivity contribution in [3.8, 4) is 23.3 Å². The number of rotatable bonds is 5. The highest BCUT2D eigenvalue weighted by Gasteiger charge is 2.19. The van der Waals surface area contributed by atoms with Gasteiger partial charge in [0.25, 0.3) is 0 Å². The molecule has 0 aliphatic heterocycles. The molecule has 0 bridgehead atoms. The van der Waals surface area contributed by atoms with Crippen molar-refractivity contribution in [1.82, 2.24) is 0 Å². The van der Waals surface area contributed by atoms with Gasteiger partial charge in [-0.3, -0.25) is 0 Å². The highest BCUT2D eigenvalue weighted by Crippen LogP contribution is 2.31. The minimum absolute atomic E-state index is 0.100. The van der Waals surface area contributed by atoms with Gasteiger partial charge in [0, 0.05) is 6.07 Å². The maximum atomic E-state index is 12.1. The van der Waals surface area contributed by atoms with Crippen molar-refractivity contribution < 1.29 is 19.0 Å². The Morgan fingerprint density at radius 1 is 1.08 bits per heavy atom. The van der Waals surface area contributed by atoms with Crippen molar-refractivity contribution >= 4 is 5.97 Å². The van der Waals surface area contributed by atoms with Crippen molar-refractivity contribution in [2.45, 2.75) is 26.2 Å². The number of ether oxygens (including phenoxy) is 3. The third-order valence-corrected chi connectivity index (χ3v) is 3.56. The van der Waals surface area contributed by atoms with Crippen LogP contribution in [0.1, 0.15) is 31.9 Å². The number of esters is 1. The van der Waals surface area contributed by atoms with E-state index < -0.39 is 5.97 Å². The Hall–Kier alpha value is -3.00. The largest absolute Gasteiger partial charge is 0.493 e. The third-order valence-electron chi connectivity index (χ3n) is 3.56. The lowest BCUT2D eigenvalue weighted by Gasteiger charge is -2.22. The zero-order valence-corrected chi connectivity index (χ0v) is 14.8. The average Bonchev–Trinajstić information content (AvgIpc) is 2.59. The first-order valence-electron chi connectivity index (χ1n) is 7.86. The molecule has 2 rings (SSSR count). The van der Waals surface area contributed by atoms with Crippen molar-refractivity contribution in [3.63, 3.8) is 0 Å². The van der Waals surface area contributed by atoms with Crippen LogP contribution in [0.5, 0.6) is 17.2 Å². The zero-order valence-electron chi connectivity index (χ0n) is 14.8. The number of hydrogen-bond donors (Lipinski definition) is 0. The van der Waals surface area contributed by atoms with E-state index in [9.17, 15) is 4.79 Å². The van der Waals surface area contributed by atoms with E-state index in [-0.39, 0.29) is 17.8 Å². The number of nitriles is 1. The first-order valence-corrected chi connectivity index (χ1v) is 7.86. The Kier molecular flexibility index (Phi) is 5.66. The molecule has 0 radical (unpaired) electrons. The molecule has 0 aromatic heterocycles. The normalized spacial score (nSPS) is 10.7. The molecule has 0 N–H and O–H groups in total. The number of methoxy groups -OCH3 is 1. The van der Waals surface area contributed by atoms with Crippen LogP contribution in [0.3, 0.4) is 0 Å². The molecule has 0 saturated carbocycles. The first kappa shape index (κ1) is 18.3. The number of carbonyl (C=O) groups is 1. The Labute approximate surface area is 147 Å². The van der Waals surface area contributed by atoms with Crippen LogP contribution >= 0.6 is 0 Å². The number of nitrogens with zero attached hydrogens (tertiary/aromatic N) is 1. The van der Waals surface area contributed by atoms with Gasteiger partial charge in [-0.2, -0.15) is 5.26 Å². The average molecular weight is 339 g/mol. The van der Waals surface area contributed by atoms with Crippen LogP contribution in [0.4, 0.5) is 0 Å². The second kappa shape index (κ2) is 7.71. The summed E-state index contributed by atoms with van der Waals surface area (Å²) in [6, 6.07) is 14.2. The molecule has 0 heterocycles. The van der Waals surface area contributed by atoms with Gasteiger partial charge in [0.15, 0.2) is 18.1 Å². The lowest BCUT2D eigenvalue weighted by atomic mass is 9.86. The summed E-state index contributed by atoms with van der Waals surface area (Å²) in [5, 5.41) is 8.90. The summed E-state index contributed by atoms with van der Waals surface area (Å²) in [5.74, 6) is 0.673. The molecule has 2 aromatic rings. The van der Waals surface area contributed by atoms with E-state index in [1.54, 1.807) is 6.07 Å². The molecule has 2 aromatic carbocycles. The number of carbonyl (C=O) groups excluding carboxylic acids is 1. The SMILES string of the molecule is COc1cc(C#N)ccc1OC(=O)COc1ccccc1C(C)(C)C. The fourth-order valence-corrected chi connectivity index (χ4v) is 2.32. The van der Waals surface area contributed by atoms with Gasteiger partial charge in [-0.05, 0) is 29.2 Å². The molecule has 0 amide bonds. The van der Waals surface area contributed by atoms with Crippen LogP contribution in [0.2, 0.25) is 0 Å². The lowest BCUT2D eigenvalue weighted by molar-refractivity contribution is -0.136. The summed E-state index contributed by atoms with van der Waals surface area (Å²) in [5.41, 5.74) is 1.34. The molecule has 130 valence electrons. The molecule has 25 heavy (non-hydrogen) atoms. The summed E-state index contributed by atoms with van der Waals surface area (Å²) in [6.45, 7) is 6.01. The summed E-state index contributed by atoms with van der Waals surface area (Å²) >= 11 is 0. The smallest absolute Gasteiger partial charge is 0.349 e. The van der Waals surface area contributed by atoms with E-state index in [0.717, 1.165) is 5.56 Å². The molecule has 0 atom stereocenters. The maximum absolute atomic E-state index is 12.1. The Morgan fingerprint density at radius 2 is 1.80 bits per heavy atom. The van der Waals surface area contributed by atoms with Crippen LogP contribution in [0.15, 0.2) is 42.5 Å². The fourth-order valence-electron chi connectivity index (χ4n) is 2.32. The molecule has 5 nitrogen and oxygen atoms in total. The van der Waals surface area contributed by atoms with Crippen molar-refractivity contribution in [2.24, 2.45) is 0 Å². The van der Waals surface area contributed by atoms with Crippen LogP contribution < -0.4 is 14.2 Å². The predicted molar refractivity (Wildman–Crippen MR) is 94.0 cm³/mol. The summed E-state index contributed by atoms with van der Waals surface area (Å²) in [7, 11) is 1.45. The molecule has 5 heteroatoms.